The van der Waals surface area contributed by atoms with Crippen molar-refractivity contribution in [2.45, 2.75) is 49.8 Å². The third-order valence-electron chi connectivity index (χ3n) is 4.00. The fourth-order valence-corrected chi connectivity index (χ4v) is 3.85. The first-order valence-electron chi connectivity index (χ1n) is 8.61. The largest absolute Gasteiger partial charge is 0.467 e. The Morgan fingerprint density at radius 2 is 1.79 bits per heavy atom. The molecule has 1 unspecified atom stereocenters. The van der Waals surface area contributed by atoms with Crippen LogP contribution < -0.4 is 0 Å². The van der Waals surface area contributed by atoms with E-state index in [0.717, 1.165) is 36.3 Å². The molecule has 0 bridgehead atoms. The molecular formula is C17H22N2O9S. The van der Waals surface area contributed by atoms with E-state index in [1.807, 2.05) is 0 Å². The number of rotatable bonds is 5. The van der Waals surface area contributed by atoms with Crippen molar-refractivity contribution in [2.24, 2.45) is 0 Å². The molecule has 12 heteroatoms. The summed E-state index contributed by atoms with van der Waals surface area (Å²) in [5, 5.41) is 10.7. The molecule has 29 heavy (non-hydrogen) atoms. The lowest BCUT2D eigenvalue weighted by Crippen LogP contribution is -2.48. The van der Waals surface area contributed by atoms with Crippen LogP contribution in [-0.4, -0.2) is 61.7 Å². The molecule has 0 aromatic heterocycles. The quantitative estimate of drug-likeness (QED) is 0.296. The molecule has 1 amide bonds. The van der Waals surface area contributed by atoms with E-state index in [4.69, 9.17) is 13.7 Å². The molecule has 11 nitrogen and oxygen atoms in total. The van der Waals surface area contributed by atoms with Gasteiger partial charge in [0.2, 0.25) is 0 Å². The van der Waals surface area contributed by atoms with Crippen molar-refractivity contribution < 1.29 is 36.6 Å². The van der Waals surface area contributed by atoms with Crippen LogP contribution >= 0.6 is 0 Å². The van der Waals surface area contributed by atoms with E-state index >= 15 is 0 Å². The molecule has 0 N–H and O–H groups in total. The smallest absolute Gasteiger partial charge is 0.411 e. The van der Waals surface area contributed by atoms with Gasteiger partial charge in [-0.05, 0) is 39.3 Å². The van der Waals surface area contributed by atoms with Crippen molar-refractivity contribution in [1.82, 2.24) is 4.90 Å². The molecule has 0 spiro atoms. The molecule has 1 heterocycles. The summed E-state index contributed by atoms with van der Waals surface area (Å²) in [5.41, 5.74) is -1.10. The van der Waals surface area contributed by atoms with Crippen molar-refractivity contribution >= 4 is 27.9 Å². The zero-order chi connectivity index (χ0) is 22.0. The van der Waals surface area contributed by atoms with Gasteiger partial charge in [-0.3, -0.25) is 19.2 Å². The first-order chi connectivity index (χ1) is 13.4. The number of nitrogens with zero attached hydrogens (tertiary/aromatic N) is 2. The van der Waals surface area contributed by atoms with Crippen LogP contribution in [0.3, 0.4) is 0 Å². The van der Waals surface area contributed by atoms with Crippen molar-refractivity contribution in [3.8, 4) is 0 Å². The van der Waals surface area contributed by atoms with E-state index in [0.29, 0.717) is 0 Å². The fraction of sp³-hybridized carbons (Fsp3) is 0.529. The Kier molecular flexibility index (Phi) is 6.48. The van der Waals surface area contributed by atoms with Crippen molar-refractivity contribution in [3.05, 3.63) is 34.4 Å². The van der Waals surface area contributed by atoms with Gasteiger partial charge in [0.1, 0.15) is 11.7 Å². The number of methoxy groups -OCH3 is 1. The number of non-ortho nitro benzene ring substituents is 1. The predicted octanol–water partition coefficient (Wildman–Crippen LogP) is 1.85. The molecule has 0 saturated carbocycles. The van der Waals surface area contributed by atoms with E-state index in [9.17, 15) is 28.1 Å². The van der Waals surface area contributed by atoms with E-state index < -0.39 is 44.9 Å². The maximum absolute atomic E-state index is 12.6. The van der Waals surface area contributed by atoms with Gasteiger partial charge in [-0.15, -0.1) is 0 Å². The van der Waals surface area contributed by atoms with E-state index in [2.05, 4.69) is 0 Å². The Balaban J connectivity index is 2.24. The van der Waals surface area contributed by atoms with Gasteiger partial charge < -0.3 is 9.47 Å². The molecule has 0 aliphatic carbocycles. The molecule has 160 valence electrons. The summed E-state index contributed by atoms with van der Waals surface area (Å²) in [6.07, 6.45) is -1.95. The zero-order valence-corrected chi connectivity index (χ0v) is 17.2. The minimum atomic E-state index is -4.35. The lowest BCUT2D eigenvalue weighted by molar-refractivity contribution is -0.384. The van der Waals surface area contributed by atoms with Gasteiger partial charge in [-0.2, -0.15) is 8.42 Å². The van der Waals surface area contributed by atoms with Crippen molar-refractivity contribution in [1.29, 1.82) is 0 Å². The highest BCUT2D eigenvalue weighted by atomic mass is 32.2. The summed E-state index contributed by atoms with van der Waals surface area (Å²) in [6.45, 7) is 4.98. The van der Waals surface area contributed by atoms with Crippen molar-refractivity contribution in [2.75, 3.05) is 13.7 Å². The van der Waals surface area contributed by atoms with Crippen LogP contribution in [0.5, 0.6) is 0 Å². The van der Waals surface area contributed by atoms with E-state index in [1.54, 1.807) is 20.8 Å². The van der Waals surface area contributed by atoms with Gasteiger partial charge in [-0.1, -0.05) is 0 Å². The number of hydrogen-bond donors (Lipinski definition) is 0. The van der Waals surface area contributed by atoms with Crippen LogP contribution in [0.4, 0.5) is 10.5 Å². The van der Waals surface area contributed by atoms with Gasteiger partial charge in [0.15, 0.2) is 6.04 Å². The van der Waals surface area contributed by atoms with Gasteiger partial charge in [0, 0.05) is 18.7 Å². The number of ether oxygens (including phenoxy) is 2. The Morgan fingerprint density at radius 1 is 1.21 bits per heavy atom. The minimum Gasteiger partial charge on any atom is -0.467 e. The number of esters is 1. The molecular weight excluding hydrogens is 408 g/mol. The van der Waals surface area contributed by atoms with Gasteiger partial charge >= 0.3 is 12.1 Å². The Labute approximate surface area is 167 Å². The molecule has 1 aliphatic rings. The highest BCUT2D eigenvalue weighted by molar-refractivity contribution is 7.86. The summed E-state index contributed by atoms with van der Waals surface area (Å²) in [5.74, 6) is -0.850. The zero-order valence-electron chi connectivity index (χ0n) is 16.4. The molecule has 2 rings (SSSR count). The van der Waals surface area contributed by atoms with Crippen LogP contribution in [0.1, 0.15) is 27.2 Å². The number of nitro benzene ring substituents is 1. The van der Waals surface area contributed by atoms with E-state index in [-0.39, 0.29) is 23.5 Å². The summed E-state index contributed by atoms with van der Waals surface area (Å²) < 4.78 is 40.2. The third-order valence-corrected chi connectivity index (χ3v) is 5.35. The molecule has 1 saturated heterocycles. The molecule has 1 fully saturated rings. The topological polar surface area (TPSA) is 142 Å². The van der Waals surface area contributed by atoms with E-state index in [1.165, 1.54) is 0 Å². The number of hydrogen-bond acceptors (Lipinski definition) is 9. The Hall–Kier alpha value is -2.73. The number of carbonyl (C=O) groups excluding carboxylic acids is 2. The van der Waals surface area contributed by atoms with Crippen LogP contribution in [0.2, 0.25) is 0 Å². The maximum atomic E-state index is 12.6. The number of nitro groups is 1. The number of benzene rings is 1. The molecule has 0 radical (unpaired) electrons. The monoisotopic (exact) mass is 430 g/mol. The molecule has 1 aromatic carbocycles. The van der Waals surface area contributed by atoms with Crippen LogP contribution in [0.25, 0.3) is 0 Å². The maximum Gasteiger partial charge on any atom is 0.411 e. The average Bonchev–Trinajstić information content (AvgIpc) is 3.02. The second-order valence-corrected chi connectivity index (χ2v) is 8.84. The summed E-state index contributed by atoms with van der Waals surface area (Å²) in [7, 11) is -3.25. The highest BCUT2D eigenvalue weighted by Gasteiger charge is 2.47. The lowest BCUT2D eigenvalue weighted by atomic mass is 10.2. The summed E-state index contributed by atoms with van der Waals surface area (Å²) in [6, 6.07) is 2.79. The SMILES string of the molecule is COC(=O)[C@@H]1C(OS(=O)(=O)c2ccc([N+](=O)[O-])cc2)CCN1C(=O)OC(C)(C)C. The first-order valence-corrected chi connectivity index (χ1v) is 10.0. The number of amides is 1. The molecule has 1 aliphatic heterocycles. The van der Waals surface area contributed by atoms with Gasteiger partial charge in [0.25, 0.3) is 15.8 Å². The lowest BCUT2D eigenvalue weighted by Gasteiger charge is -2.28. The average molecular weight is 430 g/mol. The molecule has 2 atom stereocenters. The van der Waals surface area contributed by atoms with Crippen LogP contribution in [0.15, 0.2) is 29.2 Å². The highest BCUT2D eigenvalue weighted by Crippen LogP contribution is 2.28. The third kappa shape index (κ3) is 5.41. The second kappa shape index (κ2) is 8.33. The predicted molar refractivity (Wildman–Crippen MR) is 98.5 cm³/mol. The fourth-order valence-electron chi connectivity index (χ4n) is 2.74. The normalized spacial score (nSPS) is 19.7. The van der Waals surface area contributed by atoms with Gasteiger partial charge in [-0.25, -0.2) is 9.59 Å². The van der Waals surface area contributed by atoms with Gasteiger partial charge in [0.05, 0.1) is 16.9 Å². The first kappa shape index (κ1) is 22.6. The molecule has 1 aromatic rings. The number of likely N-dealkylation sites (tertiary alicyclic amines) is 1. The van der Waals surface area contributed by atoms with Crippen LogP contribution in [-0.2, 0) is 28.6 Å². The summed E-state index contributed by atoms with van der Waals surface area (Å²) in [4.78, 5) is 35.4. The van der Waals surface area contributed by atoms with Crippen LogP contribution in [0, 0.1) is 10.1 Å². The minimum absolute atomic E-state index is 0.0229. The Morgan fingerprint density at radius 3 is 2.28 bits per heavy atom. The van der Waals surface area contributed by atoms with Crippen molar-refractivity contribution in [3.63, 3.8) is 0 Å². The Bertz CT molecular complexity index is 890. The second-order valence-electron chi connectivity index (χ2n) is 7.27. The summed E-state index contributed by atoms with van der Waals surface area (Å²) >= 11 is 0. The number of carbonyl (C=O) groups is 2. The standard InChI is InChI=1S/C17H22N2O9S/c1-17(2,3)27-16(21)18-10-9-13(14(18)15(20)26-4)28-29(24,25)12-7-5-11(6-8-12)19(22)23/h5-8,13-14H,9-10H2,1-4H3/t13?,14-/m0/s1.